The third-order valence-corrected chi connectivity index (χ3v) is 1.94. The van der Waals surface area contributed by atoms with Gasteiger partial charge in [0.15, 0.2) is 0 Å². The maximum atomic E-state index is 5.43. The van der Waals surface area contributed by atoms with Crippen molar-refractivity contribution < 1.29 is 9.15 Å². The van der Waals surface area contributed by atoms with Crippen LogP contribution in [0.25, 0.3) is 0 Å². The van der Waals surface area contributed by atoms with Crippen molar-refractivity contribution in [1.82, 2.24) is 4.98 Å². The highest BCUT2D eigenvalue weighted by molar-refractivity contribution is 5.36. The fourth-order valence-electron chi connectivity index (χ4n) is 1.27. The summed E-state index contributed by atoms with van der Waals surface area (Å²) in [7, 11) is 0. The summed E-state index contributed by atoms with van der Waals surface area (Å²) in [5.41, 5.74) is 2.28. The van der Waals surface area contributed by atoms with E-state index in [2.05, 4.69) is 11.1 Å². The van der Waals surface area contributed by atoms with Crippen LogP contribution in [0.4, 0.5) is 0 Å². The zero-order chi connectivity index (χ0) is 9.97. The topological polar surface area (TPSA) is 35.3 Å². The molecule has 0 amide bonds. The van der Waals surface area contributed by atoms with E-state index in [-0.39, 0.29) is 6.08 Å². The number of benzene rings is 1. The second-order valence-corrected chi connectivity index (χ2v) is 3.17. The molecule has 2 aromatic rings. The van der Waals surface area contributed by atoms with Crippen LogP contribution in [0.3, 0.4) is 0 Å². The predicted octanol–water partition coefficient (Wildman–Crippen LogP) is 3.08. The monoisotopic (exact) mass is 189 g/mol. The van der Waals surface area contributed by atoms with Gasteiger partial charge in [-0.15, -0.1) is 0 Å². The molecular weight excluding hydrogens is 178 g/mol. The molecule has 0 spiro atoms. The summed E-state index contributed by atoms with van der Waals surface area (Å²) < 4.78 is 10.4. The molecule has 0 aliphatic heterocycles. The fraction of sp³-hybridized carbons (Fsp3) is 0.182. The first kappa shape index (κ1) is 8.81. The smallest absolute Gasteiger partial charge is 0.399 e. The molecule has 0 atom stereocenters. The number of rotatable bonds is 2. The van der Waals surface area contributed by atoms with E-state index in [0.29, 0.717) is 0 Å². The standard InChI is InChI=1S/C11H11NO2/c1-8-3-4-10(9(2)7-8)14-11-12-5-6-13-11/h3-7H,1-2H3. The zero-order valence-electron chi connectivity index (χ0n) is 8.15. The quantitative estimate of drug-likeness (QED) is 0.728. The number of oxazole rings is 1. The first-order valence-corrected chi connectivity index (χ1v) is 4.40. The average Bonchev–Trinajstić information content (AvgIpc) is 2.62. The Hall–Kier alpha value is -1.77. The molecule has 0 saturated carbocycles. The molecule has 1 heterocycles. The summed E-state index contributed by atoms with van der Waals surface area (Å²) in [5.74, 6) is 0.776. The first-order valence-electron chi connectivity index (χ1n) is 4.40. The van der Waals surface area contributed by atoms with E-state index in [9.17, 15) is 0 Å². The molecule has 1 aromatic heterocycles. The fourth-order valence-corrected chi connectivity index (χ4v) is 1.27. The normalized spacial score (nSPS) is 10.1. The Morgan fingerprint density at radius 2 is 2.14 bits per heavy atom. The van der Waals surface area contributed by atoms with Crippen LogP contribution in [-0.4, -0.2) is 4.98 Å². The minimum absolute atomic E-state index is 0.275. The molecular formula is C11H11NO2. The van der Waals surface area contributed by atoms with Crippen molar-refractivity contribution >= 4 is 0 Å². The molecule has 0 radical (unpaired) electrons. The van der Waals surface area contributed by atoms with Gasteiger partial charge in [-0.3, -0.25) is 0 Å². The Balaban J connectivity index is 2.25. The van der Waals surface area contributed by atoms with E-state index in [1.54, 1.807) is 6.20 Å². The van der Waals surface area contributed by atoms with Gasteiger partial charge in [-0.25, -0.2) is 0 Å². The average molecular weight is 189 g/mol. The van der Waals surface area contributed by atoms with Gasteiger partial charge in [0.1, 0.15) is 12.0 Å². The van der Waals surface area contributed by atoms with E-state index < -0.39 is 0 Å². The van der Waals surface area contributed by atoms with Gasteiger partial charge in [0.25, 0.3) is 0 Å². The predicted molar refractivity (Wildman–Crippen MR) is 52.5 cm³/mol. The summed E-state index contributed by atoms with van der Waals surface area (Å²) in [4.78, 5) is 3.89. The van der Waals surface area contributed by atoms with Gasteiger partial charge >= 0.3 is 6.08 Å². The van der Waals surface area contributed by atoms with Gasteiger partial charge in [-0.1, -0.05) is 17.7 Å². The second kappa shape index (κ2) is 3.54. The molecule has 14 heavy (non-hydrogen) atoms. The summed E-state index contributed by atoms with van der Waals surface area (Å²) in [6.07, 6.45) is 3.31. The van der Waals surface area contributed by atoms with E-state index in [4.69, 9.17) is 9.15 Å². The molecule has 2 rings (SSSR count). The summed E-state index contributed by atoms with van der Waals surface area (Å²) in [5, 5.41) is 0. The van der Waals surface area contributed by atoms with Crippen molar-refractivity contribution in [3.05, 3.63) is 41.8 Å². The Morgan fingerprint density at radius 3 is 2.79 bits per heavy atom. The van der Waals surface area contributed by atoms with Crippen LogP contribution in [0.1, 0.15) is 11.1 Å². The van der Waals surface area contributed by atoms with Crippen molar-refractivity contribution in [2.24, 2.45) is 0 Å². The maximum absolute atomic E-state index is 5.43. The van der Waals surface area contributed by atoms with Crippen LogP contribution in [0.5, 0.6) is 11.8 Å². The van der Waals surface area contributed by atoms with Gasteiger partial charge in [0.2, 0.25) is 0 Å². The highest BCUT2D eigenvalue weighted by Crippen LogP contribution is 2.23. The van der Waals surface area contributed by atoms with Crippen LogP contribution in [0.15, 0.2) is 35.1 Å². The molecule has 0 aliphatic carbocycles. The Kier molecular flexibility index (Phi) is 2.23. The van der Waals surface area contributed by atoms with Crippen molar-refractivity contribution in [3.63, 3.8) is 0 Å². The number of aryl methyl sites for hydroxylation is 2. The molecule has 72 valence electrons. The van der Waals surface area contributed by atoms with Gasteiger partial charge < -0.3 is 9.15 Å². The van der Waals surface area contributed by atoms with Crippen molar-refractivity contribution in [2.75, 3.05) is 0 Å². The molecule has 0 unspecified atom stereocenters. The van der Waals surface area contributed by atoms with Gasteiger partial charge in [-0.05, 0) is 25.5 Å². The van der Waals surface area contributed by atoms with Crippen LogP contribution in [-0.2, 0) is 0 Å². The molecule has 0 saturated heterocycles. The van der Waals surface area contributed by atoms with Crippen LogP contribution in [0.2, 0.25) is 0 Å². The van der Waals surface area contributed by atoms with E-state index in [0.717, 1.165) is 11.3 Å². The first-order chi connectivity index (χ1) is 6.75. The van der Waals surface area contributed by atoms with Gasteiger partial charge in [-0.2, -0.15) is 4.98 Å². The molecule has 3 heteroatoms. The molecule has 0 bridgehead atoms. The highest BCUT2D eigenvalue weighted by atomic mass is 16.6. The van der Waals surface area contributed by atoms with Crippen molar-refractivity contribution in [3.8, 4) is 11.8 Å². The molecule has 1 aromatic carbocycles. The Bertz CT molecular complexity index is 421. The van der Waals surface area contributed by atoms with Gasteiger partial charge in [0, 0.05) is 0 Å². The highest BCUT2D eigenvalue weighted by Gasteiger charge is 2.03. The minimum Gasteiger partial charge on any atom is -0.417 e. The minimum atomic E-state index is 0.275. The SMILES string of the molecule is Cc1ccc(Oc2ncco2)c(C)c1. The third-order valence-electron chi connectivity index (χ3n) is 1.94. The Labute approximate surface area is 82.3 Å². The number of hydrogen-bond donors (Lipinski definition) is 0. The number of ether oxygens (including phenoxy) is 1. The largest absolute Gasteiger partial charge is 0.417 e. The molecule has 0 N–H and O–H groups in total. The second-order valence-electron chi connectivity index (χ2n) is 3.17. The third kappa shape index (κ3) is 1.76. The summed E-state index contributed by atoms with van der Waals surface area (Å²) in [6.45, 7) is 4.03. The van der Waals surface area contributed by atoms with Crippen LogP contribution < -0.4 is 4.74 Å². The van der Waals surface area contributed by atoms with Crippen LogP contribution in [0, 0.1) is 13.8 Å². The molecule has 0 fully saturated rings. The number of aromatic nitrogens is 1. The lowest BCUT2D eigenvalue weighted by Crippen LogP contribution is -1.87. The van der Waals surface area contributed by atoms with Crippen LogP contribution >= 0.6 is 0 Å². The summed E-state index contributed by atoms with van der Waals surface area (Å²) >= 11 is 0. The number of nitrogens with zero attached hydrogens (tertiary/aromatic N) is 1. The number of hydrogen-bond acceptors (Lipinski definition) is 3. The summed E-state index contributed by atoms with van der Waals surface area (Å²) in [6, 6.07) is 5.96. The van der Waals surface area contributed by atoms with Crippen molar-refractivity contribution in [1.29, 1.82) is 0 Å². The lowest BCUT2D eigenvalue weighted by atomic mass is 10.1. The van der Waals surface area contributed by atoms with E-state index >= 15 is 0 Å². The lowest BCUT2D eigenvalue weighted by Gasteiger charge is -2.04. The van der Waals surface area contributed by atoms with E-state index in [1.165, 1.54) is 11.8 Å². The lowest BCUT2D eigenvalue weighted by molar-refractivity contribution is 0.329. The zero-order valence-corrected chi connectivity index (χ0v) is 8.15. The molecule has 0 aliphatic rings. The Morgan fingerprint density at radius 1 is 1.29 bits per heavy atom. The van der Waals surface area contributed by atoms with E-state index in [1.807, 2.05) is 26.0 Å². The maximum Gasteiger partial charge on any atom is 0.399 e. The van der Waals surface area contributed by atoms with Gasteiger partial charge in [0.05, 0.1) is 6.20 Å². The van der Waals surface area contributed by atoms with Crippen molar-refractivity contribution in [2.45, 2.75) is 13.8 Å². The molecule has 3 nitrogen and oxygen atoms in total.